The van der Waals surface area contributed by atoms with E-state index in [1.165, 1.54) is 12.2 Å². The molecule has 0 saturated carbocycles. The lowest BCUT2D eigenvalue weighted by Gasteiger charge is -2.01. The molecule has 0 aliphatic carbocycles. The summed E-state index contributed by atoms with van der Waals surface area (Å²) < 4.78 is 20.5. The Bertz CT molecular complexity index is 963. The maximum absolute atomic E-state index is 11.6. The monoisotopic (exact) mass is 458 g/mol. The Kier molecular flexibility index (Phi) is 13.4. The summed E-state index contributed by atoms with van der Waals surface area (Å²) >= 11 is 0. The first kappa shape index (κ1) is 26.2. The molecule has 0 bridgehead atoms. The van der Waals surface area contributed by atoms with Gasteiger partial charge in [-0.1, -0.05) is 72.5 Å². The maximum atomic E-state index is 11.6. The third-order valence-electron chi connectivity index (χ3n) is 3.95. The minimum absolute atomic E-state index is 0.145. The van der Waals surface area contributed by atoms with Crippen molar-refractivity contribution in [2.75, 3.05) is 39.6 Å². The number of carbonyl (C=O) groups is 2. The van der Waals surface area contributed by atoms with Gasteiger partial charge in [0.2, 0.25) is 0 Å². The van der Waals surface area contributed by atoms with Gasteiger partial charge in [-0.05, 0) is 35.1 Å². The van der Waals surface area contributed by atoms with Gasteiger partial charge in [-0.25, -0.2) is 9.59 Å². The van der Waals surface area contributed by atoms with Crippen molar-refractivity contribution in [2.24, 2.45) is 0 Å². The smallest absolute Gasteiger partial charge is 0.330 e. The van der Waals surface area contributed by atoms with Crippen molar-refractivity contribution in [2.45, 2.75) is 0 Å². The number of rotatable bonds is 12. The first-order valence-electron chi connectivity index (χ1n) is 10.6. The fourth-order valence-corrected chi connectivity index (χ4v) is 2.36. The quantitative estimate of drug-likeness (QED) is 0.210. The van der Waals surface area contributed by atoms with Crippen LogP contribution in [0.25, 0.3) is 12.2 Å². The highest BCUT2D eigenvalue weighted by Crippen LogP contribution is 2.02. The summed E-state index contributed by atoms with van der Waals surface area (Å²) in [7, 11) is 0. The summed E-state index contributed by atoms with van der Waals surface area (Å²) in [5.41, 5.74) is 1.85. The molecule has 6 nitrogen and oxygen atoms in total. The van der Waals surface area contributed by atoms with Gasteiger partial charge in [0.1, 0.15) is 26.4 Å². The Morgan fingerprint density at radius 2 is 1.03 bits per heavy atom. The van der Waals surface area contributed by atoms with Gasteiger partial charge in [-0.2, -0.15) is 0 Å². The highest BCUT2D eigenvalue weighted by molar-refractivity contribution is 5.87. The number of hydrogen-bond acceptors (Lipinski definition) is 6. The molecular weight excluding hydrogens is 432 g/mol. The Balaban J connectivity index is 1.43. The standard InChI is InChI=1S/C28H26O6/c29-27(17-15-25-11-5-3-6-12-25)33-23-21-31-19-9-1-2-10-20-32-22-24-34-28(30)18-16-26-13-7-4-8-14-26/h3-8,11-18H,19-24H2. The lowest BCUT2D eigenvalue weighted by atomic mass is 10.2. The third kappa shape index (κ3) is 13.3. The first-order chi connectivity index (χ1) is 16.7. The highest BCUT2D eigenvalue weighted by Gasteiger charge is 1.97. The zero-order chi connectivity index (χ0) is 24.1. The first-order valence-corrected chi connectivity index (χ1v) is 10.6. The number of benzene rings is 2. The molecule has 0 atom stereocenters. The third-order valence-corrected chi connectivity index (χ3v) is 3.95. The van der Waals surface area contributed by atoms with Crippen LogP contribution in [0, 0.1) is 23.7 Å². The molecule has 0 fully saturated rings. The number of carbonyl (C=O) groups excluding carboxylic acids is 2. The van der Waals surface area contributed by atoms with Gasteiger partial charge in [-0.3, -0.25) is 0 Å². The molecule has 0 amide bonds. The lowest BCUT2D eigenvalue weighted by molar-refractivity contribution is -0.139. The molecular formula is C28H26O6. The highest BCUT2D eigenvalue weighted by atomic mass is 16.6. The molecule has 6 heteroatoms. The molecule has 0 unspecified atom stereocenters. The van der Waals surface area contributed by atoms with Crippen molar-refractivity contribution in [1.82, 2.24) is 0 Å². The van der Waals surface area contributed by atoms with Crippen LogP contribution in [0.3, 0.4) is 0 Å². The SMILES string of the molecule is O=C(C=Cc1ccccc1)OCCOCC#CC#CCOCCOC(=O)C=Cc1ccccc1. The lowest BCUT2D eigenvalue weighted by Crippen LogP contribution is -2.08. The van der Waals surface area contributed by atoms with E-state index >= 15 is 0 Å². The Morgan fingerprint density at radius 1 is 0.618 bits per heavy atom. The summed E-state index contributed by atoms with van der Waals surface area (Å²) in [5, 5.41) is 0. The molecule has 0 saturated heterocycles. The van der Waals surface area contributed by atoms with Gasteiger partial charge >= 0.3 is 11.9 Å². The summed E-state index contributed by atoms with van der Waals surface area (Å²) in [5.74, 6) is 9.88. The molecule has 0 aliphatic rings. The zero-order valence-electron chi connectivity index (χ0n) is 18.8. The van der Waals surface area contributed by atoms with Crippen molar-refractivity contribution < 1.29 is 28.5 Å². The number of esters is 2. The van der Waals surface area contributed by atoms with Gasteiger partial charge in [0.25, 0.3) is 0 Å². The van der Waals surface area contributed by atoms with Crippen LogP contribution in [0.2, 0.25) is 0 Å². The maximum Gasteiger partial charge on any atom is 0.330 e. The molecule has 0 spiro atoms. The van der Waals surface area contributed by atoms with Crippen LogP contribution in [0.5, 0.6) is 0 Å². The average molecular weight is 459 g/mol. The van der Waals surface area contributed by atoms with E-state index in [2.05, 4.69) is 23.7 Å². The fraction of sp³-hybridized carbons (Fsp3) is 0.214. The van der Waals surface area contributed by atoms with Crippen LogP contribution in [-0.2, 0) is 28.5 Å². The Morgan fingerprint density at radius 3 is 1.44 bits per heavy atom. The Hall–Kier alpha value is -4.10. The van der Waals surface area contributed by atoms with E-state index in [9.17, 15) is 9.59 Å². The number of ether oxygens (including phenoxy) is 4. The number of hydrogen-bond donors (Lipinski definition) is 0. The van der Waals surface area contributed by atoms with Crippen LogP contribution in [-0.4, -0.2) is 51.6 Å². The summed E-state index contributed by atoms with van der Waals surface area (Å²) in [4.78, 5) is 23.2. The van der Waals surface area contributed by atoms with Crippen molar-refractivity contribution in [3.05, 3.63) is 83.9 Å². The summed E-state index contributed by atoms with van der Waals surface area (Å²) in [6.45, 7) is 1.14. The van der Waals surface area contributed by atoms with Crippen molar-refractivity contribution in [1.29, 1.82) is 0 Å². The van der Waals surface area contributed by atoms with Gasteiger partial charge in [-0.15, -0.1) is 0 Å². The van der Waals surface area contributed by atoms with E-state index in [-0.39, 0.29) is 39.6 Å². The minimum atomic E-state index is -0.428. The molecule has 34 heavy (non-hydrogen) atoms. The second kappa shape index (κ2) is 17.5. The van der Waals surface area contributed by atoms with Crippen LogP contribution in [0.4, 0.5) is 0 Å². The van der Waals surface area contributed by atoms with Crippen LogP contribution in [0.15, 0.2) is 72.8 Å². The van der Waals surface area contributed by atoms with Gasteiger partial charge in [0, 0.05) is 12.2 Å². The Labute approximate surface area is 200 Å². The van der Waals surface area contributed by atoms with Gasteiger partial charge in [0.05, 0.1) is 13.2 Å². The molecule has 0 N–H and O–H groups in total. The largest absolute Gasteiger partial charge is 0.460 e. The van der Waals surface area contributed by atoms with E-state index in [1.807, 2.05) is 60.7 Å². The molecule has 0 aliphatic heterocycles. The van der Waals surface area contributed by atoms with E-state index < -0.39 is 11.9 Å². The van der Waals surface area contributed by atoms with Crippen molar-refractivity contribution in [3.63, 3.8) is 0 Å². The predicted molar refractivity (Wildman–Crippen MR) is 130 cm³/mol. The minimum Gasteiger partial charge on any atom is -0.460 e. The van der Waals surface area contributed by atoms with Crippen LogP contribution < -0.4 is 0 Å². The molecule has 0 heterocycles. The molecule has 2 rings (SSSR count). The summed E-state index contributed by atoms with van der Waals surface area (Å²) in [6.07, 6.45) is 6.13. The van der Waals surface area contributed by atoms with Gasteiger partial charge in [0.15, 0.2) is 0 Å². The second-order valence-electron chi connectivity index (χ2n) is 6.53. The van der Waals surface area contributed by atoms with E-state index in [4.69, 9.17) is 18.9 Å². The fourth-order valence-electron chi connectivity index (χ4n) is 2.36. The topological polar surface area (TPSA) is 71.1 Å². The zero-order valence-corrected chi connectivity index (χ0v) is 18.8. The molecule has 174 valence electrons. The van der Waals surface area contributed by atoms with Gasteiger partial charge < -0.3 is 18.9 Å². The molecule has 0 radical (unpaired) electrons. The molecule has 2 aromatic rings. The van der Waals surface area contributed by atoms with Crippen molar-refractivity contribution >= 4 is 24.1 Å². The van der Waals surface area contributed by atoms with E-state index in [1.54, 1.807) is 12.2 Å². The van der Waals surface area contributed by atoms with E-state index in [0.717, 1.165) is 11.1 Å². The average Bonchev–Trinajstić information content (AvgIpc) is 2.87. The van der Waals surface area contributed by atoms with Crippen LogP contribution in [0.1, 0.15) is 11.1 Å². The van der Waals surface area contributed by atoms with Crippen molar-refractivity contribution in [3.8, 4) is 23.7 Å². The summed E-state index contributed by atoms with van der Waals surface area (Å²) in [6, 6.07) is 19.0. The molecule has 2 aromatic carbocycles. The normalized spacial score (nSPS) is 10.2. The predicted octanol–water partition coefficient (Wildman–Crippen LogP) is 3.54. The second-order valence-corrected chi connectivity index (χ2v) is 6.53. The molecule has 0 aromatic heterocycles. The van der Waals surface area contributed by atoms with E-state index in [0.29, 0.717) is 0 Å². The van der Waals surface area contributed by atoms with Crippen LogP contribution >= 0.6 is 0 Å².